The van der Waals surface area contributed by atoms with Crippen LogP contribution in [0.25, 0.3) is 0 Å². The first-order valence-electron chi connectivity index (χ1n) is 13.6. The summed E-state index contributed by atoms with van der Waals surface area (Å²) in [5.74, 6) is 2.76. The summed E-state index contributed by atoms with van der Waals surface area (Å²) in [6.45, 7) is 6.76. The van der Waals surface area contributed by atoms with Gasteiger partial charge in [0.1, 0.15) is 5.75 Å². The number of benzene rings is 2. The lowest BCUT2D eigenvalue weighted by Gasteiger charge is -2.48. The molecule has 6 atom stereocenters. The highest BCUT2D eigenvalue weighted by Crippen LogP contribution is 2.64. The molecule has 3 fully saturated rings. The molecule has 0 aromatic heterocycles. The molecule has 7 nitrogen and oxygen atoms in total. The lowest BCUT2D eigenvalue weighted by atomic mass is 9.75. The van der Waals surface area contributed by atoms with Crippen LogP contribution in [0.15, 0.2) is 48.5 Å². The maximum Gasteiger partial charge on any atom is 0.251 e. The third-order valence-electron chi connectivity index (χ3n) is 9.25. The summed E-state index contributed by atoms with van der Waals surface area (Å²) in [4.78, 5) is 28.6. The zero-order valence-electron chi connectivity index (χ0n) is 21.8. The maximum absolute atomic E-state index is 13.6. The van der Waals surface area contributed by atoms with Crippen molar-refractivity contribution in [2.75, 3.05) is 6.61 Å². The van der Waals surface area contributed by atoms with Gasteiger partial charge in [0.05, 0.1) is 25.1 Å². The molecule has 194 valence electrons. The molecule has 2 aliphatic carbocycles. The molecule has 3 N–H and O–H groups in total. The Balaban J connectivity index is 1.27. The molecule has 1 saturated heterocycles. The number of rotatable bonds is 6. The fourth-order valence-corrected chi connectivity index (χ4v) is 6.48. The molecule has 2 heterocycles. The first kappa shape index (κ1) is 24.0. The molecule has 2 aliphatic heterocycles. The number of amides is 2. The van der Waals surface area contributed by atoms with E-state index in [2.05, 4.69) is 24.5 Å². The van der Waals surface area contributed by atoms with Gasteiger partial charge in [-0.1, -0.05) is 44.2 Å². The number of hydrogen-bond donors (Lipinski definition) is 3. The van der Waals surface area contributed by atoms with Crippen molar-refractivity contribution in [3.8, 4) is 5.75 Å². The molecule has 0 spiro atoms. The first-order valence-corrected chi connectivity index (χ1v) is 13.6. The Morgan fingerprint density at radius 1 is 1.19 bits per heavy atom. The van der Waals surface area contributed by atoms with Gasteiger partial charge < -0.3 is 15.4 Å². The molecule has 2 unspecified atom stereocenters. The van der Waals surface area contributed by atoms with Crippen LogP contribution in [0.3, 0.4) is 0 Å². The highest BCUT2D eigenvalue weighted by atomic mass is 16.5. The number of carbonyl (C=O) groups excluding carboxylic acids is 2. The number of fused-ring (bicyclic) bond motifs is 2. The Bertz CT molecular complexity index is 1240. The summed E-state index contributed by atoms with van der Waals surface area (Å²) in [7, 11) is 0. The van der Waals surface area contributed by atoms with Crippen molar-refractivity contribution >= 4 is 17.8 Å². The van der Waals surface area contributed by atoms with E-state index in [0.29, 0.717) is 30.4 Å². The Hall–Kier alpha value is -3.35. The van der Waals surface area contributed by atoms with E-state index < -0.39 is 5.54 Å². The summed E-state index contributed by atoms with van der Waals surface area (Å²) >= 11 is 0. The molecule has 0 radical (unpaired) electrons. The van der Waals surface area contributed by atoms with Crippen LogP contribution in [-0.2, 0) is 4.79 Å². The summed E-state index contributed by atoms with van der Waals surface area (Å²) in [6.07, 6.45) is 3.35. The molecule has 37 heavy (non-hydrogen) atoms. The van der Waals surface area contributed by atoms with Crippen LogP contribution >= 0.6 is 0 Å². The lowest BCUT2D eigenvalue weighted by molar-refractivity contribution is -0.134. The van der Waals surface area contributed by atoms with Crippen LogP contribution in [0.4, 0.5) is 0 Å². The summed E-state index contributed by atoms with van der Waals surface area (Å²) in [5, 5.41) is 15.4. The Morgan fingerprint density at radius 3 is 2.70 bits per heavy atom. The van der Waals surface area contributed by atoms with Crippen molar-refractivity contribution < 1.29 is 14.3 Å². The van der Waals surface area contributed by atoms with E-state index in [-0.39, 0.29) is 35.8 Å². The van der Waals surface area contributed by atoms with E-state index in [9.17, 15) is 9.59 Å². The monoisotopic (exact) mass is 500 g/mol. The fraction of sp³-hybridized carbons (Fsp3) is 0.500. The lowest BCUT2D eigenvalue weighted by Crippen LogP contribution is -2.64. The minimum atomic E-state index is -0.432. The highest BCUT2D eigenvalue weighted by molar-refractivity contribution is 6.00. The van der Waals surface area contributed by atoms with Crippen LogP contribution < -0.4 is 15.4 Å². The largest absolute Gasteiger partial charge is 0.493 e. The second-order valence-corrected chi connectivity index (χ2v) is 11.8. The predicted octanol–water partition coefficient (Wildman–Crippen LogP) is 4.81. The molecule has 2 amide bonds. The van der Waals surface area contributed by atoms with E-state index in [4.69, 9.17) is 10.1 Å². The third-order valence-corrected chi connectivity index (χ3v) is 9.25. The number of carbonyl (C=O) groups is 2. The number of nitrogens with one attached hydrogen (secondary N) is 3. The topological polar surface area (TPSA) is 94.5 Å². The van der Waals surface area contributed by atoms with Crippen LogP contribution in [0, 0.1) is 29.1 Å². The van der Waals surface area contributed by atoms with E-state index in [0.717, 1.165) is 35.6 Å². The Labute approximate surface area is 218 Å². The van der Waals surface area contributed by atoms with Gasteiger partial charge >= 0.3 is 0 Å². The van der Waals surface area contributed by atoms with Crippen molar-refractivity contribution in [1.82, 2.24) is 15.5 Å². The van der Waals surface area contributed by atoms with Crippen molar-refractivity contribution in [2.24, 2.45) is 23.7 Å². The van der Waals surface area contributed by atoms with Crippen molar-refractivity contribution in [1.29, 1.82) is 5.41 Å². The average molecular weight is 501 g/mol. The van der Waals surface area contributed by atoms with Gasteiger partial charge in [-0.25, -0.2) is 0 Å². The minimum absolute atomic E-state index is 0.0114. The standard InChI is InChI=1S/C30H36N4O3/c1-17(2)30(3)16-26(35)34(29(31)33-30)27(23-15-20-14-22(20)23)18-7-6-8-19(13-18)28(36)32-24-11-12-37-25-10-5-4-9-21(24)25/h4-10,13,17,20,22-24,27H,11-12,14-16H2,1-3H3,(H2,31,33)(H,32,36)/t20-,22?,23-,24+,27?,30+/m1/s1. The van der Waals surface area contributed by atoms with Crippen molar-refractivity contribution in [3.63, 3.8) is 0 Å². The second-order valence-electron chi connectivity index (χ2n) is 11.8. The number of guanidine groups is 1. The van der Waals surface area contributed by atoms with Crippen LogP contribution in [0.1, 0.15) is 80.0 Å². The molecule has 7 heteroatoms. The summed E-state index contributed by atoms with van der Waals surface area (Å²) in [5.41, 5.74) is 2.08. The number of para-hydroxylation sites is 1. The highest BCUT2D eigenvalue weighted by Gasteiger charge is 2.58. The van der Waals surface area contributed by atoms with E-state index in [1.807, 2.05) is 55.5 Å². The average Bonchev–Trinajstić information content (AvgIpc) is 3.52. The Morgan fingerprint density at radius 2 is 2.00 bits per heavy atom. The van der Waals surface area contributed by atoms with Gasteiger partial charge in [-0.2, -0.15) is 0 Å². The number of nitrogens with zero attached hydrogens (tertiary/aromatic N) is 1. The molecule has 2 saturated carbocycles. The smallest absolute Gasteiger partial charge is 0.251 e. The van der Waals surface area contributed by atoms with E-state index in [1.165, 1.54) is 6.42 Å². The zero-order chi connectivity index (χ0) is 25.9. The summed E-state index contributed by atoms with van der Waals surface area (Å²) in [6, 6.07) is 15.2. The van der Waals surface area contributed by atoms with Gasteiger partial charge in [-0.3, -0.25) is 19.9 Å². The minimum Gasteiger partial charge on any atom is -0.493 e. The predicted molar refractivity (Wildman–Crippen MR) is 141 cm³/mol. The maximum atomic E-state index is 13.6. The third kappa shape index (κ3) is 4.18. The zero-order valence-corrected chi connectivity index (χ0v) is 21.8. The quantitative estimate of drug-likeness (QED) is 0.531. The van der Waals surface area contributed by atoms with Crippen molar-refractivity contribution in [3.05, 3.63) is 65.2 Å². The molecule has 2 aromatic carbocycles. The van der Waals surface area contributed by atoms with E-state index >= 15 is 0 Å². The number of hydrogen-bond acceptors (Lipinski definition) is 4. The van der Waals surface area contributed by atoms with Crippen LogP contribution in [0.5, 0.6) is 5.75 Å². The van der Waals surface area contributed by atoms with Crippen LogP contribution in [0.2, 0.25) is 0 Å². The Kier molecular flexibility index (Phi) is 5.77. The molecule has 6 rings (SSSR count). The van der Waals surface area contributed by atoms with Gasteiger partial charge in [-0.15, -0.1) is 0 Å². The van der Waals surface area contributed by atoms with Gasteiger partial charge in [0, 0.05) is 23.1 Å². The van der Waals surface area contributed by atoms with Gasteiger partial charge in [0.15, 0.2) is 5.96 Å². The SMILES string of the molecule is CC(C)[C@]1(C)CC(=O)N(C(c2cccc(C(=O)N[C@H]3CCOc4ccccc43)c2)[C@@H]2C[C@H]3CC32)C(=N)N1. The summed E-state index contributed by atoms with van der Waals surface area (Å²) < 4.78 is 5.75. The first-order chi connectivity index (χ1) is 17.7. The fourth-order valence-electron chi connectivity index (χ4n) is 6.48. The second kappa shape index (κ2) is 8.89. The van der Waals surface area contributed by atoms with Gasteiger partial charge in [-0.05, 0) is 67.2 Å². The molecular weight excluding hydrogens is 464 g/mol. The van der Waals surface area contributed by atoms with E-state index in [1.54, 1.807) is 4.90 Å². The van der Waals surface area contributed by atoms with Crippen molar-refractivity contribution in [2.45, 2.75) is 64.1 Å². The molecule has 2 aromatic rings. The molecule has 4 aliphatic rings. The van der Waals surface area contributed by atoms with Crippen LogP contribution in [-0.4, -0.2) is 34.8 Å². The number of ether oxygens (including phenoxy) is 1. The molecule has 0 bridgehead atoms. The normalized spacial score (nSPS) is 30.9. The molecular formula is C30H36N4O3. The van der Waals surface area contributed by atoms with Gasteiger partial charge in [0.25, 0.3) is 5.91 Å². The van der Waals surface area contributed by atoms with Gasteiger partial charge in [0.2, 0.25) is 5.91 Å².